The zero-order valence-electron chi connectivity index (χ0n) is 9.43. The number of hydrogen-bond donors (Lipinski definition) is 2. The van der Waals surface area contributed by atoms with Gasteiger partial charge in [0, 0.05) is 0 Å². The highest BCUT2D eigenvalue weighted by molar-refractivity contribution is 5.17. The molecule has 0 saturated carbocycles. The molecule has 0 spiro atoms. The average molecular weight is 221 g/mol. The summed E-state index contributed by atoms with van der Waals surface area (Å²) in [4.78, 5) is 0. The molecule has 1 aromatic carbocycles. The molecule has 0 amide bonds. The fourth-order valence-corrected chi connectivity index (χ4v) is 2.06. The van der Waals surface area contributed by atoms with Gasteiger partial charge in [-0.1, -0.05) is 30.3 Å². The van der Waals surface area contributed by atoms with Crippen LogP contribution in [0.2, 0.25) is 0 Å². The molecule has 1 aliphatic heterocycles. The van der Waals surface area contributed by atoms with E-state index in [1.165, 1.54) is 0 Å². The number of nitrogens with one attached hydrogen (secondary N) is 1. The molecule has 1 fully saturated rings. The van der Waals surface area contributed by atoms with Crippen LogP contribution in [0.4, 0.5) is 0 Å². The Labute approximate surface area is 96.4 Å². The van der Waals surface area contributed by atoms with Crippen molar-refractivity contribution in [1.29, 1.82) is 0 Å². The van der Waals surface area contributed by atoms with Crippen LogP contribution >= 0.6 is 0 Å². The van der Waals surface area contributed by atoms with Crippen LogP contribution in [0.15, 0.2) is 30.3 Å². The van der Waals surface area contributed by atoms with Gasteiger partial charge in [0.2, 0.25) is 0 Å². The van der Waals surface area contributed by atoms with Crippen molar-refractivity contribution in [2.75, 3.05) is 19.7 Å². The molecule has 1 aromatic rings. The number of aliphatic hydroxyl groups excluding tert-OH is 1. The number of rotatable bonds is 4. The van der Waals surface area contributed by atoms with Crippen LogP contribution in [-0.4, -0.2) is 30.9 Å². The van der Waals surface area contributed by atoms with Gasteiger partial charge >= 0.3 is 0 Å². The van der Waals surface area contributed by atoms with Crippen molar-refractivity contribution in [1.82, 2.24) is 5.32 Å². The van der Waals surface area contributed by atoms with Crippen LogP contribution in [-0.2, 0) is 4.74 Å². The van der Waals surface area contributed by atoms with E-state index in [4.69, 9.17) is 4.74 Å². The van der Waals surface area contributed by atoms with E-state index in [0.717, 1.165) is 31.5 Å². The molecule has 2 N–H and O–H groups in total. The summed E-state index contributed by atoms with van der Waals surface area (Å²) in [6, 6.07) is 9.93. The molecule has 3 nitrogen and oxygen atoms in total. The molecule has 1 saturated heterocycles. The van der Waals surface area contributed by atoms with Gasteiger partial charge in [-0.25, -0.2) is 0 Å². The maximum Gasteiger partial charge on any atom is 0.106 e. The quantitative estimate of drug-likeness (QED) is 0.809. The minimum absolute atomic E-state index is 0.0495. The molecule has 16 heavy (non-hydrogen) atoms. The van der Waals surface area contributed by atoms with Crippen molar-refractivity contribution in [3.05, 3.63) is 35.9 Å². The summed E-state index contributed by atoms with van der Waals surface area (Å²) >= 11 is 0. The first-order valence-corrected chi connectivity index (χ1v) is 5.92. The lowest BCUT2D eigenvalue weighted by molar-refractivity contribution is -0.0522. The predicted molar refractivity (Wildman–Crippen MR) is 63.2 cm³/mol. The third kappa shape index (κ3) is 3.04. The van der Waals surface area contributed by atoms with Gasteiger partial charge in [0.1, 0.15) is 6.10 Å². The first-order chi connectivity index (χ1) is 7.90. The summed E-state index contributed by atoms with van der Waals surface area (Å²) in [6.45, 7) is 2.07. The molecule has 88 valence electrons. The van der Waals surface area contributed by atoms with E-state index in [2.05, 4.69) is 5.32 Å². The summed E-state index contributed by atoms with van der Waals surface area (Å²) < 4.78 is 5.94. The van der Waals surface area contributed by atoms with Crippen molar-refractivity contribution >= 4 is 0 Å². The monoisotopic (exact) mass is 221 g/mol. The Balaban J connectivity index is 1.94. The molecule has 1 aliphatic rings. The standard InChI is InChI=1S/C13H19NO2/c15-10-13(11-4-2-1-3-5-11)16-12-6-8-14-9-7-12/h1-5,12-15H,6-10H2. The topological polar surface area (TPSA) is 41.5 Å². The number of hydrogen-bond acceptors (Lipinski definition) is 3. The second-order valence-electron chi connectivity index (χ2n) is 4.17. The smallest absolute Gasteiger partial charge is 0.106 e. The highest BCUT2D eigenvalue weighted by Crippen LogP contribution is 2.21. The average Bonchev–Trinajstić information content (AvgIpc) is 2.38. The summed E-state index contributed by atoms with van der Waals surface area (Å²) in [5.74, 6) is 0. The predicted octanol–water partition coefficient (Wildman–Crippen LogP) is 1.49. The second-order valence-corrected chi connectivity index (χ2v) is 4.17. The Morgan fingerprint density at radius 1 is 1.25 bits per heavy atom. The van der Waals surface area contributed by atoms with Crippen molar-refractivity contribution in [2.45, 2.75) is 25.0 Å². The Bertz CT molecular complexity index is 296. The molecular formula is C13H19NO2. The molecule has 0 radical (unpaired) electrons. The minimum atomic E-state index is -0.177. The lowest BCUT2D eigenvalue weighted by Gasteiger charge is -2.27. The fourth-order valence-electron chi connectivity index (χ4n) is 2.06. The Morgan fingerprint density at radius 2 is 1.94 bits per heavy atom. The Morgan fingerprint density at radius 3 is 2.56 bits per heavy atom. The third-order valence-corrected chi connectivity index (χ3v) is 2.98. The molecule has 1 unspecified atom stereocenters. The van der Waals surface area contributed by atoms with Crippen molar-refractivity contribution < 1.29 is 9.84 Å². The lowest BCUT2D eigenvalue weighted by atomic mass is 10.1. The summed E-state index contributed by atoms with van der Waals surface area (Å²) in [7, 11) is 0. The van der Waals surface area contributed by atoms with Gasteiger partial charge in [0.25, 0.3) is 0 Å². The van der Waals surface area contributed by atoms with Gasteiger partial charge in [-0.15, -0.1) is 0 Å². The first kappa shape index (κ1) is 11.6. The highest BCUT2D eigenvalue weighted by Gasteiger charge is 2.19. The van der Waals surface area contributed by atoms with E-state index in [-0.39, 0.29) is 18.8 Å². The van der Waals surface area contributed by atoms with Gasteiger partial charge in [-0.2, -0.15) is 0 Å². The second kappa shape index (κ2) is 5.99. The fraction of sp³-hybridized carbons (Fsp3) is 0.538. The highest BCUT2D eigenvalue weighted by atomic mass is 16.5. The molecule has 1 atom stereocenters. The van der Waals surface area contributed by atoms with E-state index in [9.17, 15) is 5.11 Å². The van der Waals surface area contributed by atoms with Gasteiger partial charge in [-0.3, -0.25) is 0 Å². The minimum Gasteiger partial charge on any atom is -0.393 e. The molecule has 0 aliphatic carbocycles. The maximum atomic E-state index is 9.37. The molecule has 1 heterocycles. The molecule has 0 aromatic heterocycles. The van der Waals surface area contributed by atoms with Crippen LogP contribution in [0.5, 0.6) is 0 Å². The number of aliphatic hydroxyl groups is 1. The van der Waals surface area contributed by atoms with Gasteiger partial charge in [0.05, 0.1) is 12.7 Å². The number of piperidine rings is 1. The summed E-state index contributed by atoms with van der Waals surface area (Å²) in [5, 5.41) is 12.7. The van der Waals surface area contributed by atoms with Crippen LogP contribution in [0.25, 0.3) is 0 Å². The summed E-state index contributed by atoms with van der Waals surface area (Å²) in [5.41, 5.74) is 1.06. The zero-order valence-corrected chi connectivity index (χ0v) is 9.43. The van der Waals surface area contributed by atoms with Crippen molar-refractivity contribution in [3.8, 4) is 0 Å². The van der Waals surface area contributed by atoms with E-state index in [1.54, 1.807) is 0 Å². The summed E-state index contributed by atoms with van der Waals surface area (Å²) in [6.07, 6.45) is 2.16. The maximum absolute atomic E-state index is 9.37. The van der Waals surface area contributed by atoms with Crippen LogP contribution in [0.1, 0.15) is 24.5 Å². The molecular weight excluding hydrogens is 202 g/mol. The Kier molecular flexibility index (Phi) is 4.34. The molecule has 2 rings (SSSR count). The Hall–Kier alpha value is -0.900. The van der Waals surface area contributed by atoms with Gasteiger partial charge in [-0.05, 0) is 31.5 Å². The normalized spacial score (nSPS) is 19.6. The number of benzene rings is 1. The van der Waals surface area contributed by atoms with Crippen LogP contribution in [0, 0.1) is 0 Å². The third-order valence-electron chi connectivity index (χ3n) is 2.98. The van der Waals surface area contributed by atoms with Crippen molar-refractivity contribution in [2.24, 2.45) is 0 Å². The van der Waals surface area contributed by atoms with Crippen LogP contribution < -0.4 is 5.32 Å². The van der Waals surface area contributed by atoms with Crippen LogP contribution in [0.3, 0.4) is 0 Å². The van der Waals surface area contributed by atoms with E-state index in [1.807, 2.05) is 30.3 Å². The zero-order chi connectivity index (χ0) is 11.2. The van der Waals surface area contributed by atoms with Crippen molar-refractivity contribution in [3.63, 3.8) is 0 Å². The largest absolute Gasteiger partial charge is 0.393 e. The van der Waals surface area contributed by atoms with E-state index in [0.29, 0.717) is 0 Å². The van der Waals surface area contributed by atoms with Gasteiger partial charge < -0.3 is 15.2 Å². The first-order valence-electron chi connectivity index (χ1n) is 5.92. The molecule has 3 heteroatoms. The number of ether oxygens (including phenoxy) is 1. The lowest BCUT2D eigenvalue weighted by Crippen LogP contribution is -2.33. The van der Waals surface area contributed by atoms with E-state index >= 15 is 0 Å². The van der Waals surface area contributed by atoms with Gasteiger partial charge in [0.15, 0.2) is 0 Å². The molecule has 0 bridgehead atoms. The van der Waals surface area contributed by atoms with E-state index < -0.39 is 0 Å². The SMILES string of the molecule is OCC(OC1CCNCC1)c1ccccc1.